The Labute approximate surface area is 101 Å². The second-order valence-electron chi connectivity index (χ2n) is 4.14. The summed E-state index contributed by atoms with van der Waals surface area (Å²) >= 11 is 0. The fourth-order valence-corrected chi connectivity index (χ4v) is 1.77. The Morgan fingerprint density at radius 1 is 1.12 bits per heavy atom. The number of ketones is 1. The highest BCUT2D eigenvalue weighted by Crippen LogP contribution is 2.20. The number of aromatic nitrogens is 1. The molecule has 0 bridgehead atoms. The minimum Gasteiger partial charge on any atom is -0.300 e. The molecule has 86 valence electrons. The van der Waals surface area contributed by atoms with E-state index in [-0.39, 0.29) is 5.78 Å². The highest BCUT2D eigenvalue weighted by atomic mass is 16.1. The summed E-state index contributed by atoms with van der Waals surface area (Å²) in [6, 6.07) is 12.3. The quantitative estimate of drug-likeness (QED) is 0.799. The van der Waals surface area contributed by atoms with Gasteiger partial charge in [-0.1, -0.05) is 24.3 Å². The zero-order valence-electron chi connectivity index (χ0n) is 9.89. The Morgan fingerprint density at radius 2 is 1.88 bits per heavy atom. The van der Waals surface area contributed by atoms with Gasteiger partial charge in [-0.05, 0) is 42.2 Å². The summed E-state index contributed by atoms with van der Waals surface area (Å²) < 4.78 is 0. The number of benzene rings is 1. The van der Waals surface area contributed by atoms with Gasteiger partial charge < -0.3 is 4.79 Å². The molecule has 0 spiro atoms. The van der Waals surface area contributed by atoms with Gasteiger partial charge in [-0.25, -0.2) is 0 Å². The highest BCUT2D eigenvalue weighted by Gasteiger charge is 2.00. The second kappa shape index (κ2) is 5.39. The van der Waals surface area contributed by atoms with E-state index < -0.39 is 0 Å². The molecule has 0 fully saturated rings. The number of aryl methyl sites for hydroxylation is 1. The molecule has 0 aliphatic heterocycles. The van der Waals surface area contributed by atoms with E-state index in [1.807, 2.05) is 18.2 Å². The Morgan fingerprint density at radius 3 is 2.59 bits per heavy atom. The van der Waals surface area contributed by atoms with Crippen LogP contribution in [0, 0.1) is 0 Å². The van der Waals surface area contributed by atoms with Gasteiger partial charge in [0, 0.05) is 18.8 Å². The van der Waals surface area contributed by atoms with Crippen molar-refractivity contribution in [2.45, 2.75) is 19.8 Å². The van der Waals surface area contributed by atoms with E-state index in [4.69, 9.17) is 0 Å². The highest BCUT2D eigenvalue weighted by molar-refractivity contribution is 5.75. The van der Waals surface area contributed by atoms with E-state index in [9.17, 15) is 4.79 Å². The van der Waals surface area contributed by atoms with E-state index in [0.29, 0.717) is 6.42 Å². The van der Waals surface area contributed by atoms with Gasteiger partial charge in [0.15, 0.2) is 0 Å². The molecular weight excluding hydrogens is 210 g/mol. The van der Waals surface area contributed by atoms with E-state index in [2.05, 4.69) is 23.2 Å². The van der Waals surface area contributed by atoms with Crippen LogP contribution in [0.15, 0.2) is 48.8 Å². The van der Waals surface area contributed by atoms with Crippen LogP contribution in [0.2, 0.25) is 0 Å². The van der Waals surface area contributed by atoms with Crippen molar-refractivity contribution in [2.24, 2.45) is 0 Å². The maximum absolute atomic E-state index is 11.0. The molecular formula is C15H15NO. The van der Waals surface area contributed by atoms with E-state index in [0.717, 1.165) is 12.0 Å². The third-order valence-electron chi connectivity index (χ3n) is 2.71. The summed E-state index contributed by atoms with van der Waals surface area (Å²) in [7, 11) is 0. The number of rotatable bonds is 4. The van der Waals surface area contributed by atoms with Crippen LogP contribution in [0.1, 0.15) is 18.9 Å². The smallest absolute Gasteiger partial charge is 0.130 e. The first-order valence-corrected chi connectivity index (χ1v) is 5.74. The number of pyridine rings is 1. The molecule has 2 aromatic rings. The normalized spacial score (nSPS) is 10.2. The SMILES string of the molecule is CC(=O)CCc1cccc(-c2ccncc2)c1. The maximum atomic E-state index is 11.0. The molecule has 0 saturated heterocycles. The lowest BCUT2D eigenvalue weighted by Gasteiger charge is -2.04. The molecule has 0 amide bonds. The third-order valence-corrected chi connectivity index (χ3v) is 2.71. The van der Waals surface area contributed by atoms with Gasteiger partial charge in [-0.2, -0.15) is 0 Å². The zero-order chi connectivity index (χ0) is 12.1. The number of Topliss-reactive ketones (excluding diaryl/α,β-unsaturated/α-hetero) is 1. The molecule has 1 aromatic heterocycles. The van der Waals surface area contributed by atoms with Crippen LogP contribution in [0.25, 0.3) is 11.1 Å². The van der Waals surface area contributed by atoms with Crippen molar-refractivity contribution in [2.75, 3.05) is 0 Å². The molecule has 1 aromatic carbocycles. The first-order valence-electron chi connectivity index (χ1n) is 5.74. The fourth-order valence-electron chi connectivity index (χ4n) is 1.77. The number of carbonyl (C=O) groups excluding carboxylic acids is 1. The average Bonchev–Trinajstić information content (AvgIpc) is 2.38. The molecule has 1 heterocycles. The monoisotopic (exact) mass is 225 g/mol. The van der Waals surface area contributed by atoms with Crippen LogP contribution in [-0.2, 0) is 11.2 Å². The van der Waals surface area contributed by atoms with Crippen molar-refractivity contribution in [3.63, 3.8) is 0 Å². The summed E-state index contributed by atoms with van der Waals surface area (Å²) in [5.41, 5.74) is 3.53. The summed E-state index contributed by atoms with van der Waals surface area (Å²) in [6.07, 6.45) is 5.00. The summed E-state index contributed by atoms with van der Waals surface area (Å²) in [6.45, 7) is 1.63. The van der Waals surface area contributed by atoms with Crippen molar-refractivity contribution < 1.29 is 4.79 Å². The Bertz CT molecular complexity index is 505. The first kappa shape index (κ1) is 11.5. The molecule has 0 unspecified atom stereocenters. The van der Waals surface area contributed by atoms with Gasteiger partial charge in [0.05, 0.1) is 0 Å². The molecule has 0 atom stereocenters. The molecule has 17 heavy (non-hydrogen) atoms. The summed E-state index contributed by atoms with van der Waals surface area (Å²) in [4.78, 5) is 15.0. The molecule has 2 rings (SSSR count). The lowest BCUT2D eigenvalue weighted by atomic mass is 10.0. The standard InChI is InChI=1S/C15H15NO/c1-12(17)5-6-13-3-2-4-15(11-13)14-7-9-16-10-8-14/h2-4,7-11H,5-6H2,1H3. The van der Waals surface area contributed by atoms with Crippen LogP contribution >= 0.6 is 0 Å². The van der Waals surface area contributed by atoms with Crippen LogP contribution in [0.5, 0.6) is 0 Å². The van der Waals surface area contributed by atoms with Crippen LogP contribution < -0.4 is 0 Å². The van der Waals surface area contributed by atoms with Gasteiger partial charge in [0.2, 0.25) is 0 Å². The Kier molecular flexibility index (Phi) is 3.66. The van der Waals surface area contributed by atoms with Crippen molar-refractivity contribution in [3.8, 4) is 11.1 Å². The third kappa shape index (κ3) is 3.25. The van der Waals surface area contributed by atoms with Crippen molar-refractivity contribution >= 4 is 5.78 Å². The van der Waals surface area contributed by atoms with E-state index in [1.54, 1.807) is 19.3 Å². The summed E-state index contributed by atoms with van der Waals surface area (Å²) in [5.74, 6) is 0.235. The van der Waals surface area contributed by atoms with Crippen LogP contribution in [0.4, 0.5) is 0 Å². The van der Waals surface area contributed by atoms with Crippen molar-refractivity contribution in [1.29, 1.82) is 0 Å². The van der Waals surface area contributed by atoms with Crippen LogP contribution in [0.3, 0.4) is 0 Å². The zero-order valence-corrected chi connectivity index (χ0v) is 9.89. The van der Waals surface area contributed by atoms with Gasteiger partial charge in [-0.15, -0.1) is 0 Å². The molecule has 0 aliphatic rings. The molecule has 0 saturated carbocycles. The second-order valence-corrected chi connectivity index (χ2v) is 4.14. The number of hydrogen-bond donors (Lipinski definition) is 0. The molecule has 0 aliphatic carbocycles. The largest absolute Gasteiger partial charge is 0.300 e. The van der Waals surface area contributed by atoms with Crippen molar-refractivity contribution in [3.05, 3.63) is 54.4 Å². The van der Waals surface area contributed by atoms with Gasteiger partial charge in [-0.3, -0.25) is 4.98 Å². The molecule has 0 radical (unpaired) electrons. The van der Waals surface area contributed by atoms with Gasteiger partial charge >= 0.3 is 0 Å². The Hall–Kier alpha value is -1.96. The van der Waals surface area contributed by atoms with Crippen molar-refractivity contribution in [1.82, 2.24) is 4.98 Å². The van der Waals surface area contributed by atoms with E-state index in [1.165, 1.54) is 11.1 Å². The first-order chi connectivity index (χ1) is 8.25. The maximum Gasteiger partial charge on any atom is 0.130 e. The number of nitrogens with zero attached hydrogens (tertiary/aromatic N) is 1. The lowest BCUT2D eigenvalue weighted by molar-refractivity contribution is -0.116. The van der Waals surface area contributed by atoms with Gasteiger partial charge in [0.25, 0.3) is 0 Å². The number of hydrogen-bond acceptors (Lipinski definition) is 2. The molecule has 0 N–H and O–H groups in total. The summed E-state index contributed by atoms with van der Waals surface area (Å²) in [5, 5.41) is 0. The predicted octanol–water partition coefficient (Wildman–Crippen LogP) is 3.27. The van der Waals surface area contributed by atoms with Gasteiger partial charge in [0.1, 0.15) is 5.78 Å². The fraction of sp³-hybridized carbons (Fsp3) is 0.200. The topological polar surface area (TPSA) is 30.0 Å². The van der Waals surface area contributed by atoms with Crippen LogP contribution in [-0.4, -0.2) is 10.8 Å². The average molecular weight is 225 g/mol. The molecule has 2 heteroatoms. The molecule has 2 nitrogen and oxygen atoms in total. The Balaban J connectivity index is 2.20. The lowest BCUT2D eigenvalue weighted by Crippen LogP contribution is -1.94. The minimum absolute atomic E-state index is 0.235. The number of carbonyl (C=O) groups is 1. The van der Waals surface area contributed by atoms with E-state index >= 15 is 0 Å². The predicted molar refractivity (Wildman–Crippen MR) is 68.7 cm³/mol. The minimum atomic E-state index is 0.235.